The Morgan fingerprint density at radius 2 is 2.00 bits per heavy atom. The molecule has 2 fully saturated rings. The Kier molecular flexibility index (Phi) is 6.00. The third kappa shape index (κ3) is 4.83. The summed E-state index contributed by atoms with van der Waals surface area (Å²) in [6.45, 7) is 7.44. The lowest BCUT2D eigenvalue weighted by Gasteiger charge is -2.32. The van der Waals surface area contributed by atoms with Gasteiger partial charge >= 0.3 is 0 Å². The average Bonchev–Trinajstić information content (AvgIpc) is 2.46. The third-order valence-corrected chi connectivity index (χ3v) is 4.70. The second kappa shape index (κ2) is 7.53. The summed E-state index contributed by atoms with van der Waals surface area (Å²) in [6.07, 6.45) is 6.79. The van der Waals surface area contributed by atoms with Crippen LogP contribution in [0.4, 0.5) is 0 Å². The van der Waals surface area contributed by atoms with E-state index in [0.29, 0.717) is 24.4 Å². The molecule has 0 bridgehead atoms. The fourth-order valence-electron chi connectivity index (χ4n) is 3.21. The first-order chi connectivity index (χ1) is 9.58. The summed E-state index contributed by atoms with van der Waals surface area (Å²) in [7, 11) is 0. The van der Waals surface area contributed by atoms with Gasteiger partial charge in [0.1, 0.15) is 0 Å². The topological polar surface area (TPSA) is 50.4 Å². The molecule has 4 nitrogen and oxygen atoms in total. The molecule has 0 amide bonds. The maximum Gasteiger partial charge on any atom is 0.152 e. The molecule has 2 N–H and O–H groups in total. The average molecular weight is 282 g/mol. The van der Waals surface area contributed by atoms with Crippen LogP contribution in [0, 0.1) is 5.41 Å². The first kappa shape index (κ1) is 15.9. The predicted molar refractivity (Wildman–Crippen MR) is 80.9 cm³/mol. The predicted octanol–water partition coefficient (Wildman–Crippen LogP) is 1.88. The number of nitrogens with one attached hydrogen (secondary N) is 2. The van der Waals surface area contributed by atoms with Crippen LogP contribution in [-0.4, -0.2) is 44.2 Å². The molecule has 2 aliphatic heterocycles. The van der Waals surface area contributed by atoms with Crippen molar-refractivity contribution < 1.29 is 9.53 Å². The Balaban J connectivity index is 1.73. The minimum atomic E-state index is -0.229. The van der Waals surface area contributed by atoms with E-state index in [1.54, 1.807) is 0 Å². The molecule has 2 heterocycles. The van der Waals surface area contributed by atoms with Gasteiger partial charge in [0.2, 0.25) is 0 Å². The molecule has 1 atom stereocenters. The minimum Gasteiger partial charge on any atom is -0.381 e. The molecular weight excluding hydrogens is 252 g/mol. The Labute approximate surface area is 123 Å². The fourth-order valence-corrected chi connectivity index (χ4v) is 3.21. The highest BCUT2D eigenvalue weighted by molar-refractivity contribution is 5.86. The van der Waals surface area contributed by atoms with Crippen LogP contribution >= 0.6 is 0 Å². The lowest BCUT2D eigenvalue weighted by molar-refractivity contribution is -0.127. The van der Waals surface area contributed by atoms with Gasteiger partial charge in [-0.05, 0) is 38.6 Å². The van der Waals surface area contributed by atoms with Crippen molar-refractivity contribution in [3.05, 3.63) is 0 Å². The summed E-state index contributed by atoms with van der Waals surface area (Å²) in [5.41, 5.74) is -0.229. The number of hydrogen-bond donors (Lipinski definition) is 2. The highest BCUT2D eigenvalue weighted by Crippen LogP contribution is 2.26. The molecule has 2 saturated heterocycles. The van der Waals surface area contributed by atoms with E-state index >= 15 is 0 Å². The van der Waals surface area contributed by atoms with E-state index in [4.69, 9.17) is 4.74 Å². The van der Waals surface area contributed by atoms with Crippen molar-refractivity contribution in [1.29, 1.82) is 0 Å². The molecule has 0 aromatic rings. The summed E-state index contributed by atoms with van der Waals surface area (Å²) in [5.74, 6) is 0.344. The van der Waals surface area contributed by atoms with Crippen LogP contribution in [0.25, 0.3) is 0 Å². The summed E-state index contributed by atoms with van der Waals surface area (Å²) in [4.78, 5) is 12.5. The van der Waals surface area contributed by atoms with Gasteiger partial charge < -0.3 is 15.4 Å². The van der Waals surface area contributed by atoms with E-state index < -0.39 is 0 Å². The molecule has 2 aliphatic rings. The van der Waals surface area contributed by atoms with Gasteiger partial charge in [-0.3, -0.25) is 4.79 Å². The van der Waals surface area contributed by atoms with Crippen molar-refractivity contribution in [3.63, 3.8) is 0 Å². The van der Waals surface area contributed by atoms with Crippen LogP contribution in [0.1, 0.15) is 52.4 Å². The second-order valence-corrected chi connectivity index (χ2v) is 6.93. The third-order valence-electron chi connectivity index (χ3n) is 4.70. The van der Waals surface area contributed by atoms with Crippen molar-refractivity contribution in [3.8, 4) is 0 Å². The van der Waals surface area contributed by atoms with Gasteiger partial charge in [0.15, 0.2) is 5.78 Å². The minimum absolute atomic E-state index is 0.229. The molecule has 1 unspecified atom stereocenters. The zero-order valence-electron chi connectivity index (χ0n) is 13.0. The van der Waals surface area contributed by atoms with E-state index in [1.807, 2.05) is 0 Å². The van der Waals surface area contributed by atoms with Crippen molar-refractivity contribution >= 4 is 5.78 Å². The van der Waals surface area contributed by atoms with Crippen LogP contribution in [0.2, 0.25) is 0 Å². The number of piperidine rings is 1. The SMILES string of the molecule is CC(C)(CC1CCCCN1)C(=O)CNC1CCOCC1. The molecule has 116 valence electrons. The molecule has 0 aliphatic carbocycles. The van der Waals surface area contributed by atoms with Crippen LogP contribution in [0.15, 0.2) is 0 Å². The lowest BCUT2D eigenvalue weighted by atomic mass is 9.79. The molecule has 0 aromatic heterocycles. The lowest BCUT2D eigenvalue weighted by Crippen LogP contribution is -2.44. The number of rotatable bonds is 6. The Hall–Kier alpha value is -0.450. The van der Waals surface area contributed by atoms with Crippen LogP contribution in [0.3, 0.4) is 0 Å². The maximum atomic E-state index is 12.5. The van der Waals surface area contributed by atoms with Crippen molar-refractivity contribution in [2.45, 2.75) is 64.5 Å². The standard InChI is InChI=1S/C16H30N2O2/c1-16(2,11-14-5-3-4-8-17-14)15(19)12-18-13-6-9-20-10-7-13/h13-14,17-18H,3-12H2,1-2H3. The Morgan fingerprint density at radius 1 is 1.25 bits per heavy atom. The molecule has 0 aromatic carbocycles. The number of Topliss-reactive ketones (excluding diaryl/α,β-unsaturated/α-hetero) is 1. The second-order valence-electron chi connectivity index (χ2n) is 6.93. The van der Waals surface area contributed by atoms with Crippen LogP contribution in [-0.2, 0) is 9.53 Å². The monoisotopic (exact) mass is 282 g/mol. The van der Waals surface area contributed by atoms with Gasteiger partial charge in [-0.25, -0.2) is 0 Å². The molecule has 2 rings (SSSR count). The number of hydrogen-bond acceptors (Lipinski definition) is 4. The molecule has 20 heavy (non-hydrogen) atoms. The van der Waals surface area contributed by atoms with Crippen LogP contribution in [0.5, 0.6) is 0 Å². The largest absolute Gasteiger partial charge is 0.381 e. The number of ether oxygens (including phenoxy) is 1. The normalized spacial score (nSPS) is 25.6. The van der Waals surface area contributed by atoms with Crippen molar-refractivity contribution in [2.75, 3.05) is 26.3 Å². The van der Waals surface area contributed by atoms with Gasteiger partial charge in [-0.15, -0.1) is 0 Å². The van der Waals surface area contributed by atoms with Gasteiger partial charge in [0.25, 0.3) is 0 Å². The molecule has 4 heteroatoms. The van der Waals surface area contributed by atoms with E-state index in [2.05, 4.69) is 24.5 Å². The highest BCUT2D eigenvalue weighted by Gasteiger charge is 2.31. The molecule has 0 spiro atoms. The Morgan fingerprint density at radius 3 is 2.65 bits per heavy atom. The van der Waals surface area contributed by atoms with E-state index in [-0.39, 0.29) is 5.41 Å². The van der Waals surface area contributed by atoms with E-state index in [0.717, 1.165) is 39.0 Å². The van der Waals surface area contributed by atoms with Gasteiger partial charge in [-0.1, -0.05) is 20.3 Å². The summed E-state index contributed by atoms with van der Waals surface area (Å²) in [6, 6.07) is 0.974. The zero-order chi connectivity index (χ0) is 14.4. The molecule has 0 saturated carbocycles. The van der Waals surface area contributed by atoms with Crippen LogP contribution < -0.4 is 10.6 Å². The first-order valence-corrected chi connectivity index (χ1v) is 8.16. The van der Waals surface area contributed by atoms with Gasteiger partial charge in [-0.2, -0.15) is 0 Å². The number of carbonyl (C=O) groups is 1. The fraction of sp³-hybridized carbons (Fsp3) is 0.938. The van der Waals surface area contributed by atoms with Gasteiger partial charge in [0.05, 0.1) is 6.54 Å². The smallest absolute Gasteiger partial charge is 0.152 e. The van der Waals surface area contributed by atoms with E-state index in [9.17, 15) is 4.79 Å². The Bertz CT molecular complexity index is 306. The van der Waals surface area contributed by atoms with Gasteiger partial charge in [0, 0.05) is 30.7 Å². The maximum absolute atomic E-state index is 12.5. The zero-order valence-corrected chi connectivity index (χ0v) is 13.0. The summed E-state index contributed by atoms with van der Waals surface area (Å²) < 4.78 is 5.34. The first-order valence-electron chi connectivity index (χ1n) is 8.16. The summed E-state index contributed by atoms with van der Waals surface area (Å²) >= 11 is 0. The highest BCUT2D eigenvalue weighted by atomic mass is 16.5. The van der Waals surface area contributed by atoms with E-state index in [1.165, 1.54) is 19.3 Å². The molecular formula is C16H30N2O2. The summed E-state index contributed by atoms with van der Waals surface area (Å²) in [5, 5.41) is 6.96. The number of carbonyl (C=O) groups excluding carboxylic acids is 1. The van der Waals surface area contributed by atoms with Crippen molar-refractivity contribution in [1.82, 2.24) is 10.6 Å². The van der Waals surface area contributed by atoms with Crippen molar-refractivity contribution in [2.24, 2.45) is 5.41 Å². The number of ketones is 1. The quantitative estimate of drug-likeness (QED) is 0.781. The molecule has 0 radical (unpaired) electrons.